The minimum atomic E-state index is -4.97. The van der Waals surface area contributed by atoms with Crippen molar-refractivity contribution in [2.45, 2.75) is 17.5 Å². The minimum absolute atomic E-state index is 0.0619. The van der Waals surface area contributed by atoms with Crippen LogP contribution in [0.25, 0.3) is 0 Å². The predicted octanol–water partition coefficient (Wildman–Crippen LogP) is 3.41. The molecule has 0 radical (unpaired) electrons. The summed E-state index contributed by atoms with van der Waals surface area (Å²) in [5, 5.41) is 10.3. The molecule has 0 aromatic heterocycles. The molecule has 1 aromatic carbocycles. The second kappa shape index (κ2) is 6.85. The van der Waals surface area contributed by atoms with E-state index in [1.54, 1.807) is 5.32 Å². The van der Waals surface area contributed by atoms with E-state index in [0.717, 1.165) is 11.8 Å². The molecule has 0 bridgehead atoms. The molecule has 0 heterocycles. The van der Waals surface area contributed by atoms with Crippen LogP contribution < -0.4 is 5.32 Å². The van der Waals surface area contributed by atoms with E-state index in [4.69, 9.17) is 16.7 Å². The van der Waals surface area contributed by atoms with Crippen LogP contribution in [0, 0.1) is 0 Å². The first-order valence-electron chi connectivity index (χ1n) is 5.22. The van der Waals surface area contributed by atoms with Gasteiger partial charge in [-0.3, -0.25) is 9.59 Å². The second-order valence-corrected chi connectivity index (χ2v) is 5.13. The topological polar surface area (TPSA) is 66.4 Å². The zero-order chi connectivity index (χ0) is 15.3. The molecule has 0 aliphatic rings. The lowest BCUT2D eigenvalue weighted by Gasteiger charge is -2.09. The highest BCUT2D eigenvalue weighted by Crippen LogP contribution is 2.30. The lowest BCUT2D eigenvalue weighted by molar-refractivity contribution is -0.167. The summed E-state index contributed by atoms with van der Waals surface area (Å²) in [5.74, 6) is -2.76. The summed E-state index contributed by atoms with van der Waals surface area (Å²) < 4.78 is 36.2. The number of hydrogen-bond donors (Lipinski definition) is 2. The van der Waals surface area contributed by atoms with Gasteiger partial charge < -0.3 is 10.4 Å². The number of carbonyl (C=O) groups is 2. The molecule has 1 aromatic rings. The number of carboxylic acids is 1. The fraction of sp³-hybridized carbons (Fsp3) is 0.273. The number of carbonyl (C=O) groups excluding carboxylic acids is 1. The van der Waals surface area contributed by atoms with Crippen LogP contribution in [0.1, 0.15) is 6.42 Å². The van der Waals surface area contributed by atoms with E-state index < -0.39 is 18.1 Å². The summed E-state index contributed by atoms with van der Waals surface area (Å²) in [4.78, 5) is 21.6. The van der Waals surface area contributed by atoms with E-state index in [-0.39, 0.29) is 22.9 Å². The quantitative estimate of drug-likeness (QED) is 0.813. The first-order chi connectivity index (χ1) is 9.20. The average molecular weight is 328 g/mol. The number of rotatable bonds is 5. The molecular weight excluding hydrogens is 319 g/mol. The van der Waals surface area contributed by atoms with Crippen molar-refractivity contribution in [1.29, 1.82) is 0 Å². The fourth-order valence-corrected chi connectivity index (χ4v) is 2.35. The van der Waals surface area contributed by atoms with Crippen LogP contribution in [0.4, 0.5) is 18.9 Å². The lowest BCUT2D eigenvalue weighted by atomic mass is 10.3. The van der Waals surface area contributed by atoms with Gasteiger partial charge in [0, 0.05) is 16.3 Å². The van der Waals surface area contributed by atoms with E-state index >= 15 is 0 Å². The summed E-state index contributed by atoms with van der Waals surface area (Å²) in [6, 6.07) is 3.85. The molecule has 110 valence electrons. The standard InChI is InChI=1S/C11H9ClF3NO3S/c12-7-5-6(16-10(19)11(13,14)15)1-2-8(7)20-4-3-9(17)18/h1-2,5H,3-4H2,(H,16,19)(H,17,18). The van der Waals surface area contributed by atoms with Crippen molar-refractivity contribution >= 4 is 40.9 Å². The average Bonchev–Trinajstić information content (AvgIpc) is 2.30. The number of nitrogens with one attached hydrogen (secondary N) is 1. The highest BCUT2D eigenvalue weighted by atomic mass is 35.5. The molecule has 2 N–H and O–H groups in total. The van der Waals surface area contributed by atoms with Gasteiger partial charge in [-0.15, -0.1) is 11.8 Å². The molecule has 1 rings (SSSR count). The van der Waals surface area contributed by atoms with Gasteiger partial charge in [0.1, 0.15) is 0 Å². The van der Waals surface area contributed by atoms with Crippen LogP contribution in [0.5, 0.6) is 0 Å². The first kappa shape index (κ1) is 16.6. The number of hydrogen-bond acceptors (Lipinski definition) is 3. The highest BCUT2D eigenvalue weighted by molar-refractivity contribution is 7.99. The Balaban J connectivity index is 2.68. The Kier molecular flexibility index (Phi) is 5.70. The van der Waals surface area contributed by atoms with E-state index in [2.05, 4.69) is 0 Å². The number of thioether (sulfide) groups is 1. The molecule has 0 unspecified atom stereocenters. The summed E-state index contributed by atoms with van der Waals surface area (Å²) in [5.41, 5.74) is -0.0834. The van der Waals surface area contributed by atoms with Gasteiger partial charge in [-0.2, -0.15) is 13.2 Å². The molecule has 0 saturated heterocycles. The minimum Gasteiger partial charge on any atom is -0.481 e. The van der Waals surface area contributed by atoms with E-state index in [1.165, 1.54) is 18.2 Å². The van der Waals surface area contributed by atoms with Gasteiger partial charge in [0.15, 0.2) is 0 Å². The smallest absolute Gasteiger partial charge is 0.471 e. The molecule has 0 saturated carbocycles. The van der Waals surface area contributed by atoms with Crippen molar-refractivity contribution in [2.24, 2.45) is 0 Å². The summed E-state index contributed by atoms with van der Waals surface area (Å²) in [6.07, 6.45) is -5.03. The zero-order valence-corrected chi connectivity index (χ0v) is 11.4. The van der Waals surface area contributed by atoms with Crippen molar-refractivity contribution in [3.63, 3.8) is 0 Å². The summed E-state index contributed by atoms with van der Waals surface area (Å²) in [7, 11) is 0. The van der Waals surface area contributed by atoms with Crippen molar-refractivity contribution in [1.82, 2.24) is 0 Å². The number of halogens is 4. The Labute approximate surface area is 121 Å². The van der Waals surface area contributed by atoms with Crippen LogP contribution in [0.2, 0.25) is 5.02 Å². The van der Waals surface area contributed by atoms with Crippen molar-refractivity contribution in [2.75, 3.05) is 11.1 Å². The SMILES string of the molecule is O=C(O)CCSc1ccc(NC(=O)C(F)(F)F)cc1Cl. The van der Waals surface area contributed by atoms with Gasteiger partial charge >= 0.3 is 18.1 Å². The number of amides is 1. The Morgan fingerprint density at radius 3 is 2.50 bits per heavy atom. The summed E-state index contributed by atoms with van der Waals surface area (Å²) in [6.45, 7) is 0. The zero-order valence-electron chi connectivity index (χ0n) is 9.83. The molecule has 0 aliphatic carbocycles. The van der Waals surface area contributed by atoms with Crippen LogP contribution >= 0.6 is 23.4 Å². The van der Waals surface area contributed by atoms with Crippen molar-refractivity contribution < 1.29 is 27.9 Å². The maximum absolute atomic E-state index is 12.1. The largest absolute Gasteiger partial charge is 0.481 e. The number of alkyl halides is 3. The van der Waals surface area contributed by atoms with E-state index in [0.29, 0.717) is 4.90 Å². The maximum atomic E-state index is 12.1. The van der Waals surface area contributed by atoms with Gasteiger partial charge in [0.2, 0.25) is 0 Å². The molecule has 0 atom stereocenters. The number of aliphatic carboxylic acids is 1. The highest BCUT2D eigenvalue weighted by Gasteiger charge is 2.38. The fourth-order valence-electron chi connectivity index (χ4n) is 1.15. The third-order valence-electron chi connectivity index (χ3n) is 2.02. The van der Waals surface area contributed by atoms with Gasteiger partial charge in [-0.25, -0.2) is 0 Å². The Bertz CT molecular complexity index is 522. The van der Waals surface area contributed by atoms with Crippen LogP contribution in [0.3, 0.4) is 0 Å². The van der Waals surface area contributed by atoms with Gasteiger partial charge in [0.05, 0.1) is 11.4 Å². The van der Waals surface area contributed by atoms with Crippen LogP contribution in [-0.4, -0.2) is 28.9 Å². The van der Waals surface area contributed by atoms with Gasteiger partial charge in [-0.1, -0.05) is 11.6 Å². The Morgan fingerprint density at radius 2 is 2.00 bits per heavy atom. The third kappa shape index (κ3) is 5.30. The molecule has 0 spiro atoms. The Hall–Kier alpha value is -1.41. The van der Waals surface area contributed by atoms with Crippen molar-refractivity contribution in [3.05, 3.63) is 23.2 Å². The molecule has 20 heavy (non-hydrogen) atoms. The number of carboxylic acid groups (broad SMARTS) is 1. The maximum Gasteiger partial charge on any atom is 0.471 e. The van der Waals surface area contributed by atoms with Crippen molar-refractivity contribution in [3.8, 4) is 0 Å². The third-order valence-corrected chi connectivity index (χ3v) is 3.52. The molecule has 0 aliphatic heterocycles. The predicted molar refractivity (Wildman–Crippen MR) is 69.1 cm³/mol. The summed E-state index contributed by atoms with van der Waals surface area (Å²) >= 11 is 7.00. The molecule has 1 amide bonds. The first-order valence-corrected chi connectivity index (χ1v) is 6.59. The monoisotopic (exact) mass is 327 g/mol. The lowest BCUT2D eigenvalue weighted by Crippen LogP contribution is -2.29. The van der Waals surface area contributed by atoms with Crippen LogP contribution in [-0.2, 0) is 9.59 Å². The van der Waals surface area contributed by atoms with E-state index in [9.17, 15) is 22.8 Å². The second-order valence-electron chi connectivity index (χ2n) is 3.59. The number of benzene rings is 1. The van der Waals surface area contributed by atoms with Gasteiger partial charge in [-0.05, 0) is 18.2 Å². The molecule has 9 heteroatoms. The molecule has 4 nitrogen and oxygen atoms in total. The molecular formula is C11H9ClF3NO3S. The molecule has 0 fully saturated rings. The van der Waals surface area contributed by atoms with Gasteiger partial charge in [0.25, 0.3) is 0 Å². The number of anilines is 1. The van der Waals surface area contributed by atoms with Crippen LogP contribution in [0.15, 0.2) is 23.1 Å². The Morgan fingerprint density at radius 1 is 1.35 bits per heavy atom. The normalized spacial score (nSPS) is 11.2. The van der Waals surface area contributed by atoms with E-state index in [1.807, 2.05) is 0 Å².